The summed E-state index contributed by atoms with van der Waals surface area (Å²) < 4.78 is 5.38. The van der Waals surface area contributed by atoms with Gasteiger partial charge in [0.05, 0.1) is 13.2 Å². The molecule has 3 aromatic rings. The molecule has 3 N–H and O–H groups in total. The Balaban J connectivity index is 1.53. The summed E-state index contributed by atoms with van der Waals surface area (Å²) in [6, 6.07) is 15.0. The molecule has 0 bridgehead atoms. The number of methoxy groups -OCH3 is 1. The number of rotatable bonds is 9. The van der Waals surface area contributed by atoms with E-state index in [0.29, 0.717) is 31.0 Å². The third-order valence-corrected chi connectivity index (χ3v) is 5.61. The number of nitrogens with zero attached hydrogens (tertiary/aromatic N) is 2. The normalized spacial score (nSPS) is 16.2. The van der Waals surface area contributed by atoms with E-state index >= 15 is 0 Å². The molecule has 0 spiro atoms. The Kier molecular flexibility index (Phi) is 7.26. The van der Waals surface area contributed by atoms with Gasteiger partial charge < -0.3 is 20.7 Å². The molecule has 8 nitrogen and oxygen atoms in total. The molecule has 33 heavy (non-hydrogen) atoms. The van der Waals surface area contributed by atoms with Crippen molar-refractivity contribution in [3.8, 4) is 17.0 Å². The van der Waals surface area contributed by atoms with Gasteiger partial charge >= 0.3 is 0 Å². The molecule has 1 saturated heterocycles. The van der Waals surface area contributed by atoms with E-state index in [1.54, 1.807) is 18.6 Å². The van der Waals surface area contributed by atoms with Crippen molar-refractivity contribution in [1.29, 1.82) is 0 Å². The van der Waals surface area contributed by atoms with E-state index in [0.717, 1.165) is 23.1 Å². The molecule has 1 aliphatic rings. The van der Waals surface area contributed by atoms with Gasteiger partial charge in [0.1, 0.15) is 5.69 Å². The zero-order chi connectivity index (χ0) is 23.0. The molecule has 1 aliphatic heterocycles. The second-order valence-corrected chi connectivity index (χ2v) is 7.96. The first kappa shape index (κ1) is 22.4. The molecule has 1 fully saturated rings. The number of nitrogens with one attached hydrogen (secondary N) is 3. The molecule has 4 rings (SSSR count). The number of pyridine rings is 2. The van der Waals surface area contributed by atoms with Gasteiger partial charge in [-0.05, 0) is 42.2 Å². The molecule has 0 saturated carbocycles. The first-order valence-corrected chi connectivity index (χ1v) is 10.9. The number of benzene rings is 1. The lowest BCUT2D eigenvalue weighted by atomic mass is 10.0. The molecule has 3 heterocycles. The van der Waals surface area contributed by atoms with Gasteiger partial charge in [0.15, 0.2) is 0 Å². The lowest BCUT2D eigenvalue weighted by Gasteiger charge is -2.21. The number of carbonyl (C=O) groups is 2. The average molecular weight is 446 g/mol. The third-order valence-electron chi connectivity index (χ3n) is 5.61. The van der Waals surface area contributed by atoms with Crippen LogP contribution in [0.3, 0.4) is 0 Å². The van der Waals surface area contributed by atoms with E-state index in [4.69, 9.17) is 4.74 Å². The fourth-order valence-corrected chi connectivity index (χ4v) is 3.85. The van der Waals surface area contributed by atoms with E-state index in [9.17, 15) is 9.59 Å². The van der Waals surface area contributed by atoms with Gasteiger partial charge in [-0.3, -0.25) is 14.6 Å². The molecule has 0 unspecified atom stereocenters. The Labute approximate surface area is 192 Å². The quantitative estimate of drug-likeness (QED) is 0.468. The van der Waals surface area contributed by atoms with Crippen molar-refractivity contribution in [2.75, 3.05) is 19.0 Å². The van der Waals surface area contributed by atoms with Crippen LogP contribution in [-0.2, 0) is 16.0 Å². The minimum Gasteiger partial charge on any atom is -0.480 e. The summed E-state index contributed by atoms with van der Waals surface area (Å²) in [5.74, 6) is 0.187. The highest BCUT2D eigenvalue weighted by Gasteiger charge is 2.25. The fraction of sp³-hybridized carbons (Fsp3) is 0.280. The zero-order valence-electron chi connectivity index (χ0n) is 18.5. The minimum absolute atomic E-state index is 0.0230. The molecule has 0 radical (unpaired) electrons. The molecule has 0 aliphatic carbocycles. The van der Waals surface area contributed by atoms with Crippen LogP contribution in [0, 0.1) is 0 Å². The summed E-state index contributed by atoms with van der Waals surface area (Å²) in [5.41, 5.74) is 3.31. The molecule has 2 atom stereocenters. The van der Waals surface area contributed by atoms with Crippen LogP contribution < -0.4 is 20.7 Å². The predicted molar refractivity (Wildman–Crippen MR) is 126 cm³/mol. The summed E-state index contributed by atoms with van der Waals surface area (Å²) in [4.78, 5) is 33.3. The van der Waals surface area contributed by atoms with Crippen LogP contribution in [0.5, 0.6) is 5.88 Å². The molecular weight excluding hydrogens is 418 g/mol. The van der Waals surface area contributed by atoms with Gasteiger partial charge in [0.25, 0.3) is 0 Å². The first-order valence-electron chi connectivity index (χ1n) is 10.9. The Morgan fingerprint density at radius 1 is 1.18 bits per heavy atom. The Morgan fingerprint density at radius 2 is 1.97 bits per heavy atom. The van der Waals surface area contributed by atoms with Gasteiger partial charge in [-0.1, -0.05) is 30.3 Å². The molecule has 2 aromatic heterocycles. The number of ether oxygens (including phenoxy) is 1. The van der Waals surface area contributed by atoms with Crippen molar-refractivity contribution in [3.63, 3.8) is 0 Å². The van der Waals surface area contributed by atoms with Gasteiger partial charge in [-0.2, -0.15) is 0 Å². The number of anilines is 1. The number of hydrogen-bond acceptors (Lipinski definition) is 6. The summed E-state index contributed by atoms with van der Waals surface area (Å²) in [7, 11) is 1.52. The van der Waals surface area contributed by atoms with Crippen molar-refractivity contribution in [2.24, 2.45) is 0 Å². The van der Waals surface area contributed by atoms with E-state index in [-0.39, 0.29) is 17.9 Å². The topological polar surface area (TPSA) is 105 Å². The largest absolute Gasteiger partial charge is 0.480 e. The van der Waals surface area contributed by atoms with Crippen LogP contribution in [0.2, 0.25) is 0 Å². The first-order chi connectivity index (χ1) is 16.1. The highest BCUT2D eigenvalue weighted by atomic mass is 16.5. The SMILES string of the molecule is COc1ncc(-c2ccncc2)cc1NC(=O)[C@H](Cc1ccccc1)NC[C@H]1CCC(=O)N1. The number of hydrogen-bond donors (Lipinski definition) is 3. The highest BCUT2D eigenvalue weighted by Crippen LogP contribution is 2.28. The highest BCUT2D eigenvalue weighted by molar-refractivity contribution is 5.96. The molecule has 170 valence electrons. The van der Waals surface area contributed by atoms with Gasteiger partial charge in [0.2, 0.25) is 17.7 Å². The standard InChI is InChI=1S/C25H27N5O3/c1-33-25-22(14-19(15-28-25)18-9-11-26-12-10-18)30-24(32)21(13-17-5-3-2-4-6-17)27-16-20-7-8-23(31)29-20/h2-6,9-12,14-15,20-21,27H,7-8,13,16H2,1H3,(H,29,31)(H,30,32)/t20-,21+/m1/s1. The number of amides is 2. The monoisotopic (exact) mass is 445 g/mol. The third kappa shape index (κ3) is 5.93. The summed E-state index contributed by atoms with van der Waals surface area (Å²) in [5, 5.41) is 9.26. The van der Waals surface area contributed by atoms with E-state index in [1.165, 1.54) is 7.11 Å². The van der Waals surface area contributed by atoms with Crippen LogP contribution in [-0.4, -0.2) is 47.5 Å². The Morgan fingerprint density at radius 3 is 2.67 bits per heavy atom. The van der Waals surface area contributed by atoms with Crippen molar-refractivity contribution < 1.29 is 14.3 Å². The van der Waals surface area contributed by atoms with E-state index < -0.39 is 6.04 Å². The summed E-state index contributed by atoms with van der Waals surface area (Å²) in [6.45, 7) is 0.517. The molecule has 8 heteroatoms. The van der Waals surface area contributed by atoms with Crippen LogP contribution >= 0.6 is 0 Å². The van der Waals surface area contributed by atoms with Gasteiger partial charge in [-0.25, -0.2) is 4.98 Å². The van der Waals surface area contributed by atoms with Crippen molar-refractivity contribution in [3.05, 3.63) is 72.7 Å². The molecule has 2 amide bonds. The zero-order valence-corrected chi connectivity index (χ0v) is 18.5. The lowest BCUT2D eigenvalue weighted by Crippen LogP contribution is -2.47. The minimum atomic E-state index is -0.501. The van der Waals surface area contributed by atoms with Crippen LogP contribution in [0.25, 0.3) is 11.1 Å². The maximum atomic E-state index is 13.3. The van der Waals surface area contributed by atoms with Crippen LogP contribution in [0.1, 0.15) is 18.4 Å². The van der Waals surface area contributed by atoms with E-state index in [1.807, 2.05) is 48.5 Å². The lowest BCUT2D eigenvalue weighted by molar-refractivity contribution is -0.119. The van der Waals surface area contributed by atoms with Crippen LogP contribution in [0.15, 0.2) is 67.1 Å². The molecule has 1 aromatic carbocycles. The van der Waals surface area contributed by atoms with Crippen molar-refractivity contribution in [1.82, 2.24) is 20.6 Å². The average Bonchev–Trinajstić information content (AvgIpc) is 3.27. The fourth-order valence-electron chi connectivity index (χ4n) is 3.85. The van der Waals surface area contributed by atoms with Crippen LogP contribution in [0.4, 0.5) is 5.69 Å². The van der Waals surface area contributed by atoms with Gasteiger partial charge in [0, 0.05) is 43.2 Å². The predicted octanol–water partition coefficient (Wildman–Crippen LogP) is 2.57. The van der Waals surface area contributed by atoms with Gasteiger partial charge in [-0.15, -0.1) is 0 Å². The van der Waals surface area contributed by atoms with Crippen molar-refractivity contribution in [2.45, 2.75) is 31.3 Å². The Bertz CT molecular complexity index is 1090. The summed E-state index contributed by atoms with van der Waals surface area (Å²) in [6.07, 6.45) is 6.90. The second kappa shape index (κ2) is 10.7. The molecular formula is C25H27N5O3. The Hall–Kier alpha value is -3.78. The smallest absolute Gasteiger partial charge is 0.242 e. The maximum Gasteiger partial charge on any atom is 0.242 e. The summed E-state index contributed by atoms with van der Waals surface area (Å²) >= 11 is 0. The maximum absolute atomic E-state index is 13.3. The van der Waals surface area contributed by atoms with Crippen molar-refractivity contribution >= 4 is 17.5 Å². The van der Waals surface area contributed by atoms with E-state index in [2.05, 4.69) is 25.9 Å². The number of carbonyl (C=O) groups excluding carboxylic acids is 2. The second-order valence-electron chi connectivity index (χ2n) is 7.96. The number of aromatic nitrogens is 2.